The Kier molecular flexibility index (Phi) is 4.16. The third-order valence-electron chi connectivity index (χ3n) is 6.71. The fourth-order valence-electron chi connectivity index (χ4n) is 5.10. The lowest BCUT2D eigenvalue weighted by atomic mass is 9.86. The first-order valence-corrected chi connectivity index (χ1v) is 11.3. The SMILES string of the molecule is CC(C)(C)c1ccc2c(c1)N1c3ncccc3N(c3ccccc3-c3ccccc3)C1C2. The van der Waals surface area contributed by atoms with Crippen molar-refractivity contribution in [3.63, 3.8) is 0 Å². The second-order valence-corrected chi connectivity index (χ2v) is 9.75. The Balaban J connectivity index is 1.53. The predicted octanol–water partition coefficient (Wildman–Crippen LogP) is 7.22. The number of para-hydroxylation sites is 1. The van der Waals surface area contributed by atoms with E-state index < -0.39 is 0 Å². The van der Waals surface area contributed by atoms with E-state index in [-0.39, 0.29) is 11.6 Å². The first-order valence-electron chi connectivity index (χ1n) is 11.3. The van der Waals surface area contributed by atoms with Gasteiger partial charge in [-0.05, 0) is 46.4 Å². The van der Waals surface area contributed by atoms with E-state index in [2.05, 4.69) is 109 Å². The van der Waals surface area contributed by atoms with Gasteiger partial charge in [0.1, 0.15) is 6.17 Å². The first-order chi connectivity index (χ1) is 15.5. The molecule has 0 amide bonds. The van der Waals surface area contributed by atoms with Crippen molar-refractivity contribution in [1.82, 2.24) is 4.98 Å². The molecule has 0 aliphatic carbocycles. The van der Waals surface area contributed by atoms with E-state index >= 15 is 0 Å². The molecule has 1 atom stereocenters. The van der Waals surface area contributed by atoms with Crippen molar-refractivity contribution < 1.29 is 0 Å². The van der Waals surface area contributed by atoms with Crippen molar-refractivity contribution >= 4 is 22.9 Å². The standard InChI is InChI=1S/C29H27N3/c1-29(2,3)22-16-15-21-18-27-31(25-14-9-17-30-28(25)32(27)26(21)19-22)24-13-8-7-12-23(24)20-10-5-4-6-11-20/h4-17,19,27H,18H2,1-3H3. The molecule has 6 rings (SSSR count). The molecule has 0 N–H and O–H groups in total. The van der Waals surface area contributed by atoms with Crippen LogP contribution in [0.1, 0.15) is 31.9 Å². The van der Waals surface area contributed by atoms with Crippen LogP contribution >= 0.6 is 0 Å². The molecule has 1 aromatic heterocycles. The Labute approximate surface area is 190 Å². The first kappa shape index (κ1) is 19.1. The summed E-state index contributed by atoms with van der Waals surface area (Å²) in [5.41, 5.74) is 9.03. The van der Waals surface area contributed by atoms with Gasteiger partial charge in [-0.15, -0.1) is 0 Å². The van der Waals surface area contributed by atoms with Crippen LogP contribution in [0.4, 0.5) is 22.9 Å². The lowest BCUT2D eigenvalue weighted by molar-refractivity contribution is 0.590. The second kappa shape index (κ2) is 6.96. The quantitative estimate of drug-likeness (QED) is 0.343. The molecule has 0 fully saturated rings. The molecule has 158 valence electrons. The summed E-state index contributed by atoms with van der Waals surface area (Å²) < 4.78 is 0. The minimum atomic E-state index is 0.110. The van der Waals surface area contributed by atoms with Gasteiger partial charge in [0.15, 0.2) is 5.82 Å². The Morgan fingerprint density at radius 3 is 2.31 bits per heavy atom. The third kappa shape index (κ3) is 2.85. The molecule has 0 bridgehead atoms. The van der Waals surface area contributed by atoms with Gasteiger partial charge < -0.3 is 9.80 Å². The Morgan fingerprint density at radius 2 is 1.50 bits per heavy atom. The van der Waals surface area contributed by atoms with Gasteiger partial charge in [-0.3, -0.25) is 0 Å². The van der Waals surface area contributed by atoms with Gasteiger partial charge in [-0.2, -0.15) is 0 Å². The minimum Gasteiger partial charge on any atom is -0.316 e. The van der Waals surface area contributed by atoms with Crippen molar-refractivity contribution in [2.45, 2.75) is 38.8 Å². The van der Waals surface area contributed by atoms with Crippen LogP contribution in [-0.4, -0.2) is 11.1 Å². The molecule has 0 radical (unpaired) electrons. The number of aromatic nitrogens is 1. The van der Waals surface area contributed by atoms with Crippen molar-refractivity contribution in [2.24, 2.45) is 0 Å². The number of rotatable bonds is 2. The van der Waals surface area contributed by atoms with Crippen LogP contribution in [0.5, 0.6) is 0 Å². The lowest BCUT2D eigenvalue weighted by Crippen LogP contribution is -2.36. The molecular weight excluding hydrogens is 390 g/mol. The van der Waals surface area contributed by atoms with E-state index in [1.807, 2.05) is 12.3 Å². The smallest absolute Gasteiger partial charge is 0.158 e. The van der Waals surface area contributed by atoms with E-state index in [0.29, 0.717) is 0 Å². The molecule has 0 saturated heterocycles. The van der Waals surface area contributed by atoms with Crippen LogP contribution in [0.15, 0.2) is 91.1 Å². The average Bonchev–Trinajstić information content (AvgIpc) is 3.33. The highest BCUT2D eigenvalue weighted by Crippen LogP contribution is 2.53. The molecule has 2 aliphatic heterocycles. The van der Waals surface area contributed by atoms with Crippen molar-refractivity contribution in [3.05, 3.63) is 102 Å². The van der Waals surface area contributed by atoms with E-state index in [1.54, 1.807) is 0 Å². The van der Waals surface area contributed by atoms with Gasteiger partial charge in [-0.1, -0.05) is 81.4 Å². The zero-order chi connectivity index (χ0) is 21.9. The van der Waals surface area contributed by atoms with Gasteiger partial charge in [0, 0.05) is 23.9 Å². The Bertz CT molecular complexity index is 1300. The predicted molar refractivity (Wildman–Crippen MR) is 133 cm³/mol. The van der Waals surface area contributed by atoms with Crippen molar-refractivity contribution in [2.75, 3.05) is 9.80 Å². The number of benzene rings is 3. The maximum absolute atomic E-state index is 4.86. The fraction of sp³-hybridized carbons (Fsp3) is 0.207. The maximum Gasteiger partial charge on any atom is 0.158 e. The van der Waals surface area contributed by atoms with Crippen LogP contribution in [0.25, 0.3) is 11.1 Å². The zero-order valence-corrected chi connectivity index (χ0v) is 18.8. The molecule has 3 aromatic carbocycles. The number of anilines is 4. The van der Waals surface area contributed by atoms with Gasteiger partial charge in [0.05, 0.1) is 11.4 Å². The molecule has 1 unspecified atom stereocenters. The summed E-state index contributed by atoms with van der Waals surface area (Å²) in [6.07, 6.45) is 3.07. The number of pyridine rings is 1. The summed E-state index contributed by atoms with van der Waals surface area (Å²) in [6.45, 7) is 6.83. The van der Waals surface area contributed by atoms with Crippen LogP contribution < -0.4 is 9.80 Å². The minimum absolute atomic E-state index is 0.110. The van der Waals surface area contributed by atoms with E-state index in [4.69, 9.17) is 4.98 Å². The van der Waals surface area contributed by atoms with Gasteiger partial charge >= 0.3 is 0 Å². The summed E-state index contributed by atoms with van der Waals surface area (Å²) >= 11 is 0. The third-order valence-corrected chi connectivity index (χ3v) is 6.71. The summed E-state index contributed by atoms with van der Waals surface area (Å²) in [7, 11) is 0. The number of nitrogens with zero attached hydrogens (tertiary/aromatic N) is 3. The van der Waals surface area contributed by atoms with Crippen molar-refractivity contribution in [3.8, 4) is 11.1 Å². The van der Waals surface area contributed by atoms with Crippen LogP contribution in [0, 0.1) is 0 Å². The van der Waals surface area contributed by atoms with Gasteiger partial charge in [0.2, 0.25) is 0 Å². The molecule has 0 spiro atoms. The molecule has 3 heteroatoms. The average molecular weight is 418 g/mol. The summed E-state index contributed by atoms with van der Waals surface area (Å²) in [4.78, 5) is 9.79. The molecule has 0 saturated carbocycles. The molecular formula is C29H27N3. The number of hydrogen-bond donors (Lipinski definition) is 0. The van der Waals surface area contributed by atoms with Crippen LogP contribution in [-0.2, 0) is 11.8 Å². The highest BCUT2D eigenvalue weighted by atomic mass is 15.5. The van der Waals surface area contributed by atoms with Gasteiger partial charge in [-0.25, -0.2) is 4.98 Å². The summed E-state index contributed by atoms with van der Waals surface area (Å²) in [5, 5.41) is 0. The van der Waals surface area contributed by atoms with E-state index in [1.165, 1.54) is 39.3 Å². The lowest BCUT2D eigenvalue weighted by Gasteiger charge is -2.29. The molecule has 3 nitrogen and oxygen atoms in total. The molecule has 3 heterocycles. The summed E-state index contributed by atoms with van der Waals surface area (Å²) in [5.74, 6) is 1.05. The second-order valence-electron chi connectivity index (χ2n) is 9.75. The topological polar surface area (TPSA) is 19.4 Å². The monoisotopic (exact) mass is 417 g/mol. The fourth-order valence-corrected chi connectivity index (χ4v) is 5.10. The van der Waals surface area contributed by atoms with Crippen molar-refractivity contribution in [1.29, 1.82) is 0 Å². The number of hydrogen-bond acceptors (Lipinski definition) is 3. The van der Waals surface area contributed by atoms with E-state index in [9.17, 15) is 0 Å². The largest absolute Gasteiger partial charge is 0.316 e. The van der Waals surface area contributed by atoms with Crippen LogP contribution in [0.2, 0.25) is 0 Å². The summed E-state index contributed by atoms with van der Waals surface area (Å²) in [6, 6.07) is 30.6. The Hall–Kier alpha value is -3.59. The highest BCUT2D eigenvalue weighted by Gasteiger charge is 2.44. The number of fused-ring (bicyclic) bond motifs is 5. The molecule has 4 aromatic rings. The van der Waals surface area contributed by atoms with E-state index in [0.717, 1.165) is 12.2 Å². The normalized spacial score (nSPS) is 16.7. The molecule has 32 heavy (non-hydrogen) atoms. The highest BCUT2D eigenvalue weighted by molar-refractivity contribution is 5.93. The zero-order valence-electron chi connectivity index (χ0n) is 18.8. The van der Waals surface area contributed by atoms with Crippen LogP contribution in [0.3, 0.4) is 0 Å². The maximum atomic E-state index is 4.86. The Morgan fingerprint density at radius 1 is 0.750 bits per heavy atom. The van der Waals surface area contributed by atoms with Gasteiger partial charge in [0.25, 0.3) is 0 Å². The molecule has 2 aliphatic rings.